The number of thiophene rings is 1. The van der Waals surface area contributed by atoms with Crippen molar-refractivity contribution in [1.82, 2.24) is 0 Å². The van der Waals surface area contributed by atoms with Gasteiger partial charge in [0.1, 0.15) is 0 Å². The number of Topliss-reactive ketones (excluding diaryl/α,β-unsaturated/α-hetero) is 1. The molecule has 0 spiro atoms. The molecule has 0 aliphatic carbocycles. The standard InChI is InChI=1S/C20H24N2O3S/c1-12(2)20(25)22-16-7-5-15(6-8-16)21-19(24)10-9-18(23)17-11-13(3)26-14(17)4/h5-8,11-12H,9-10H2,1-4H3,(H,21,24)(H,22,25). The zero-order chi connectivity index (χ0) is 19.3. The van der Waals surface area contributed by atoms with Crippen LogP contribution in [0.4, 0.5) is 11.4 Å². The van der Waals surface area contributed by atoms with Gasteiger partial charge in [-0.3, -0.25) is 14.4 Å². The molecule has 0 fully saturated rings. The van der Waals surface area contributed by atoms with E-state index in [0.29, 0.717) is 16.9 Å². The topological polar surface area (TPSA) is 75.3 Å². The van der Waals surface area contributed by atoms with Gasteiger partial charge in [0.05, 0.1) is 0 Å². The summed E-state index contributed by atoms with van der Waals surface area (Å²) in [6.45, 7) is 7.53. The van der Waals surface area contributed by atoms with E-state index in [1.54, 1.807) is 35.6 Å². The fourth-order valence-corrected chi connectivity index (χ4v) is 3.36. The monoisotopic (exact) mass is 372 g/mol. The number of anilines is 2. The Morgan fingerprint density at radius 1 is 0.962 bits per heavy atom. The molecule has 0 atom stereocenters. The van der Waals surface area contributed by atoms with Crippen LogP contribution in [0.1, 0.15) is 46.8 Å². The number of hydrogen-bond acceptors (Lipinski definition) is 4. The molecule has 1 aromatic carbocycles. The number of carbonyl (C=O) groups is 3. The quantitative estimate of drug-likeness (QED) is 0.700. The van der Waals surface area contributed by atoms with Crippen LogP contribution in [-0.2, 0) is 9.59 Å². The molecule has 26 heavy (non-hydrogen) atoms. The highest BCUT2D eigenvalue weighted by Crippen LogP contribution is 2.22. The first-order chi connectivity index (χ1) is 12.3. The molecule has 0 saturated carbocycles. The highest BCUT2D eigenvalue weighted by molar-refractivity contribution is 7.12. The normalized spacial score (nSPS) is 10.7. The number of hydrogen-bond donors (Lipinski definition) is 2. The number of nitrogens with one attached hydrogen (secondary N) is 2. The second kappa shape index (κ2) is 8.76. The van der Waals surface area contributed by atoms with Crippen LogP contribution in [0, 0.1) is 19.8 Å². The molecule has 1 heterocycles. The lowest BCUT2D eigenvalue weighted by Gasteiger charge is -2.09. The third kappa shape index (κ3) is 5.52. The zero-order valence-electron chi connectivity index (χ0n) is 15.5. The lowest BCUT2D eigenvalue weighted by molar-refractivity contribution is -0.119. The summed E-state index contributed by atoms with van der Waals surface area (Å²) in [6, 6.07) is 8.80. The molecule has 2 aromatic rings. The lowest BCUT2D eigenvalue weighted by Crippen LogP contribution is -2.17. The van der Waals surface area contributed by atoms with Gasteiger partial charge in [0.2, 0.25) is 11.8 Å². The van der Waals surface area contributed by atoms with E-state index in [-0.39, 0.29) is 36.4 Å². The van der Waals surface area contributed by atoms with Crippen molar-refractivity contribution in [3.8, 4) is 0 Å². The summed E-state index contributed by atoms with van der Waals surface area (Å²) in [5.41, 5.74) is 2.03. The van der Waals surface area contributed by atoms with Crippen LogP contribution in [0.25, 0.3) is 0 Å². The summed E-state index contributed by atoms with van der Waals surface area (Å²) in [6.07, 6.45) is 0.324. The zero-order valence-corrected chi connectivity index (χ0v) is 16.3. The molecule has 0 radical (unpaired) electrons. The Labute approximate surface area is 157 Å². The Hall–Kier alpha value is -2.47. The maximum Gasteiger partial charge on any atom is 0.226 e. The van der Waals surface area contributed by atoms with Gasteiger partial charge in [0, 0.05) is 45.5 Å². The fourth-order valence-electron chi connectivity index (χ4n) is 2.42. The first kappa shape index (κ1) is 19.8. The van der Waals surface area contributed by atoms with Crippen LogP contribution in [0.3, 0.4) is 0 Å². The summed E-state index contributed by atoms with van der Waals surface area (Å²) >= 11 is 1.59. The summed E-state index contributed by atoms with van der Waals surface area (Å²) in [4.78, 5) is 38.0. The average molecular weight is 372 g/mol. The largest absolute Gasteiger partial charge is 0.326 e. The number of benzene rings is 1. The Bertz CT molecular complexity index is 807. The molecule has 0 bridgehead atoms. The van der Waals surface area contributed by atoms with Crippen LogP contribution >= 0.6 is 11.3 Å². The SMILES string of the molecule is Cc1cc(C(=O)CCC(=O)Nc2ccc(NC(=O)C(C)C)cc2)c(C)s1. The van der Waals surface area contributed by atoms with Crippen molar-refractivity contribution in [2.45, 2.75) is 40.5 Å². The van der Waals surface area contributed by atoms with Crippen LogP contribution < -0.4 is 10.6 Å². The number of rotatable bonds is 7. The molecule has 0 unspecified atom stereocenters. The Morgan fingerprint density at radius 2 is 1.54 bits per heavy atom. The number of aryl methyl sites for hydroxylation is 2. The maximum absolute atomic E-state index is 12.2. The van der Waals surface area contributed by atoms with Crippen molar-refractivity contribution in [3.05, 3.63) is 45.6 Å². The molecule has 0 aliphatic heterocycles. The number of ketones is 1. The molecule has 5 nitrogen and oxygen atoms in total. The van der Waals surface area contributed by atoms with Crippen molar-refractivity contribution in [2.24, 2.45) is 5.92 Å². The van der Waals surface area contributed by atoms with Crippen LogP contribution in [0.5, 0.6) is 0 Å². The van der Waals surface area contributed by atoms with Gasteiger partial charge in [0.25, 0.3) is 0 Å². The van der Waals surface area contributed by atoms with E-state index in [1.165, 1.54) is 0 Å². The molecular formula is C20H24N2O3S. The fraction of sp³-hybridized carbons (Fsp3) is 0.350. The minimum Gasteiger partial charge on any atom is -0.326 e. The Balaban J connectivity index is 1.85. The third-order valence-corrected chi connectivity index (χ3v) is 4.85. The molecule has 0 saturated heterocycles. The van der Waals surface area contributed by atoms with E-state index in [0.717, 1.165) is 9.75 Å². The minimum atomic E-state index is -0.207. The third-order valence-electron chi connectivity index (χ3n) is 3.88. The molecule has 2 amide bonds. The predicted octanol–water partition coefficient (Wildman–Crippen LogP) is 4.56. The van der Waals surface area contributed by atoms with Crippen LogP contribution in [0.2, 0.25) is 0 Å². The van der Waals surface area contributed by atoms with Crippen LogP contribution in [-0.4, -0.2) is 17.6 Å². The second-order valence-electron chi connectivity index (χ2n) is 6.52. The second-order valence-corrected chi connectivity index (χ2v) is 7.98. The molecule has 1 aromatic heterocycles. The van der Waals surface area contributed by atoms with Gasteiger partial charge in [-0.25, -0.2) is 0 Å². The van der Waals surface area contributed by atoms with Crippen molar-refractivity contribution in [3.63, 3.8) is 0 Å². The Morgan fingerprint density at radius 3 is 2.04 bits per heavy atom. The Kier molecular flexibility index (Phi) is 6.69. The lowest BCUT2D eigenvalue weighted by atomic mass is 10.1. The summed E-state index contributed by atoms with van der Waals surface area (Å²) in [5.74, 6) is -0.363. The number of amides is 2. The molecule has 2 N–H and O–H groups in total. The van der Waals surface area contributed by atoms with Crippen LogP contribution in [0.15, 0.2) is 30.3 Å². The molecular weight excluding hydrogens is 348 g/mol. The average Bonchev–Trinajstić information content (AvgIpc) is 2.92. The van der Waals surface area contributed by atoms with Crippen molar-refractivity contribution in [2.75, 3.05) is 10.6 Å². The van der Waals surface area contributed by atoms with Crippen molar-refractivity contribution in [1.29, 1.82) is 0 Å². The molecule has 6 heteroatoms. The predicted molar refractivity (Wildman–Crippen MR) is 106 cm³/mol. The smallest absolute Gasteiger partial charge is 0.226 e. The van der Waals surface area contributed by atoms with Gasteiger partial charge in [-0.15, -0.1) is 11.3 Å². The first-order valence-electron chi connectivity index (χ1n) is 8.57. The van der Waals surface area contributed by atoms with E-state index in [2.05, 4.69) is 10.6 Å². The minimum absolute atomic E-state index is 0.00579. The summed E-state index contributed by atoms with van der Waals surface area (Å²) < 4.78 is 0. The van der Waals surface area contributed by atoms with E-state index in [9.17, 15) is 14.4 Å². The van der Waals surface area contributed by atoms with Gasteiger partial charge in [0.15, 0.2) is 5.78 Å². The van der Waals surface area contributed by atoms with Gasteiger partial charge in [-0.05, 0) is 44.2 Å². The van der Waals surface area contributed by atoms with Gasteiger partial charge in [-0.2, -0.15) is 0 Å². The van der Waals surface area contributed by atoms with E-state index in [1.807, 2.05) is 33.8 Å². The first-order valence-corrected chi connectivity index (χ1v) is 9.39. The van der Waals surface area contributed by atoms with E-state index < -0.39 is 0 Å². The highest BCUT2D eigenvalue weighted by Gasteiger charge is 2.14. The van der Waals surface area contributed by atoms with Gasteiger partial charge in [-0.1, -0.05) is 13.8 Å². The summed E-state index contributed by atoms with van der Waals surface area (Å²) in [5, 5.41) is 5.56. The summed E-state index contributed by atoms with van der Waals surface area (Å²) in [7, 11) is 0. The van der Waals surface area contributed by atoms with E-state index >= 15 is 0 Å². The van der Waals surface area contributed by atoms with Gasteiger partial charge >= 0.3 is 0 Å². The van der Waals surface area contributed by atoms with Crippen molar-refractivity contribution < 1.29 is 14.4 Å². The van der Waals surface area contributed by atoms with E-state index in [4.69, 9.17) is 0 Å². The van der Waals surface area contributed by atoms with Gasteiger partial charge < -0.3 is 10.6 Å². The maximum atomic E-state index is 12.2. The highest BCUT2D eigenvalue weighted by atomic mass is 32.1. The molecule has 0 aliphatic rings. The molecule has 2 rings (SSSR count). The molecule has 138 valence electrons. The van der Waals surface area contributed by atoms with Crippen molar-refractivity contribution >= 4 is 40.3 Å². The number of carbonyl (C=O) groups excluding carboxylic acids is 3.